The molecule has 0 aromatic rings. The molecule has 2 nitrogen and oxygen atoms in total. The number of hydrogen-bond donors (Lipinski definition) is 1. The zero-order valence-corrected chi connectivity index (χ0v) is 6.35. The minimum Gasteiger partial charge on any atom is -0.477 e. The highest BCUT2D eigenvalue weighted by molar-refractivity contribution is 5.86. The third-order valence-electron chi connectivity index (χ3n) is 1.08. The van der Waals surface area contributed by atoms with E-state index in [1.54, 1.807) is 13.0 Å². The van der Waals surface area contributed by atoms with E-state index in [1.165, 1.54) is 0 Å². The second-order valence-electron chi connectivity index (χ2n) is 1.97. The van der Waals surface area contributed by atoms with Gasteiger partial charge in [-0.25, -0.2) is 4.79 Å². The fraction of sp³-hybridized carbons (Fsp3) is 0.500. The van der Waals surface area contributed by atoms with Crippen molar-refractivity contribution >= 4 is 5.97 Å². The summed E-state index contributed by atoms with van der Waals surface area (Å²) >= 11 is 0. The summed E-state index contributed by atoms with van der Waals surface area (Å²) < 4.78 is 0. The minimum absolute atomic E-state index is 0.366. The normalized spacial score (nSPS) is 8.20. The quantitative estimate of drug-likeness (QED) is 0.480. The van der Waals surface area contributed by atoms with Gasteiger partial charge < -0.3 is 5.11 Å². The number of carbonyl (C=O) groups is 1. The van der Waals surface area contributed by atoms with E-state index >= 15 is 0 Å². The molecule has 0 bridgehead atoms. The van der Waals surface area contributed by atoms with Crippen LogP contribution in [0.25, 0.3) is 0 Å². The molecule has 0 spiro atoms. The summed E-state index contributed by atoms with van der Waals surface area (Å²) in [6.45, 7) is 3.71. The van der Waals surface area contributed by atoms with Gasteiger partial charge in [-0.3, -0.25) is 0 Å². The van der Waals surface area contributed by atoms with E-state index in [0.717, 1.165) is 6.42 Å². The van der Waals surface area contributed by atoms with E-state index in [-0.39, 0.29) is 0 Å². The van der Waals surface area contributed by atoms with Crippen LogP contribution in [0.2, 0.25) is 0 Å². The van der Waals surface area contributed by atoms with Crippen LogP contribution in [0.3, 0.4) is 0 Å². The van der Waals surface area contributed by atoms with Crippen molar-refractivity contribution in [1.29, 1.82) is 0 Å². The van der Waals surface area contributed by atoms with E-state index < -0.39 is 5.97 Å². The standard InChI is InChI=1S/C8H12O2/c1-3-5-7(6-4-2)8(9)10/h3H,4,6H2,1-2H3,(H,9,10). The van der Waals surface area contributed by atoms with Crippen molar-refractivity contribution in [2.45, 2.75) is 26.7 Å². The molecule has 0 radical (unpaired) electrons. The van der Waals surface area contributed by atoms with Gasteiger partial charge in [-0.05, 0) is 19.4 Å². The van der Waals surface area contributed by atoms with Crippen LogP contribution < -0.4 is 0 Å². The Morgan fingerprint density at radius 1 is 1.70 bits per heavy atom. The second kappa shape index (κ2) is 4.83. The average molecular weight is 140 g/mol. The lowest BCUT2D eigenvalue weighted by Crippen LogP contribution is -1.98. The van der Waals surface area contributed by atoms with Crippen LogP contribution in [0.4, 0.5) is 0 Å². The highest BCUT2D eigenvalue weighted by Gasteiger charge is 2.02. The Labute approximate surface area is 60.9 Å². The highest BCUT2D eigenvalue weighted by Crippen LogP contribution is 2.01. The van der Waals surface area contributed by atoms with Crippen LogP contribution in [0.15, 0.2) is 17.4 Å². The molecule has 0 fully saturated rings. The van der Waals surface area contributed by atoms with Crippen LogP contribution in [0, 0.1) is 0 Å². The molecule has 2 heteroatoms. The molecule has 1 N–H and O–H groups in total. The number of carboxylic acid groups (broad SMARTS) is 1. The number of rotatable bonds is 3. The molecular formula is C8H12O2. The van der Waals surface area contributed by atoms with Gasteiger partial charge in [0.1, 0.15) is 0 Å². The summed E-state index contributed by atoms with van der Waals surface area (Å²) in [4.78, 5) is 10.4. The summed E-state index contributed by atoms with van der Waals surface area (Å²) in [5, 5.41) is 8.52. The van der Waals surface area contributed by atoms with Crippen molar-refractivity contribution in [2.75, 3.05) is 0 Å². The van der Waals surface area contributed by atoms with Gasteiger partial charge in [0.25, 0.3) is 0 Å². The van der Waals surface area contributed by atoms with Gasteiger partial charge in [-0.15, -0.1) is 5.73 Å². The van der Waals surface area contributed by atoms with E-state index in [0.29, 0.717) is 12.0 Å². The van der Waals surface area contributed by atoms with E-state index in [4.69, 9.17) is 5.11 Å². The zero-order chi connectivity index (χ0) is 7.98. The molecule has 0 aliphatic carbocycles. The Hall–Kier alpha value is -1.01. The van der Waals surface area contributed by atoms with Crippen LogP contribution >= 0.6 is 0 Å². The third kappa shape index (κ3) is 3.10. The van der Waals surface area contributed by atoms with Crippen molar-refractivity contribution in [2.24, 2.45) is 0 Å². The zero-order valence-electron chi connectivity index (χ0n) is 6.35. The minimum atomic E-state index is -0.861. The van der Waals surface area contributed by atoms with Crippen molar-refractivity contribution in [3.8, 4) is 0 Å². The molecule has 0 aliphatic rings. The average Bonchev–Trinajstić information content (AvgIpc) is 1.87. The van der Waals surface area contributed by atoms with E-state index in [9.17, 15) is 4.79 Å². The molecule has 0 heterocycles. The van der Waals surface area contributed by atoms with Gasteiger partial charge in [-0.2, -0.15) is 0 Å². The summed E-state index contributed by atoms with van der Waals surface area (Å²) in [7, 11) is 0. The van der Waals surface area contributed by atoms with Crippen LogP contribution in [-0.4, -0.2) is 11.1 Å². The van der Waals surface area contributed by atoms with Crippen molar-refractivity contribution in [3.63, 3.8) is 0 Å². The first-order valence-corrected chi connectivity index (χ1v) is 3.35. The van der Waals surface area contributed by atoms with Gasteiger partial charge in [0.15, 0.2) is 0 Å². The number of carboxylic acids is 1. The molecule has 0 unspecified atom stereocenters. The maximum Gasteiger partial charge on any atom is 0.339 e. The molecule has 0 amide bonds. The Balaban J connectivity index is 4.27. The van der Waals surface area contributed by atoms with Gasteiger partial charge in [0.2, 0.25) is 0 Å². The van der Waals surface area contributed by atoms with Crippen molar-refractivity contribution in [3.05, 3.63) is 17.4 Å². The first-order chi connectivity index (χ1) is 4.72. The monoisotopic (exact) mass is 140 g/mol. The van der Waals surface area contributed by atoms with Gasteiger partial charge in [-0.1, -0.05) is 13.3 Å². The maximum atomic E-state index is 10.4. The van der Waals surface area contributed by atoms with Crippen molar-refractivity contribution in [1.82, 2.24) is 0 Å². The molecule has 56 valence electrons. The maximum absolute atomic E-state index is 10.4. The highest BCUT2D eigenvalue weighted by atomic mass is 16.4. The lowest BCUT2D eigenvalue weighted by Gasteiger charge is -1.92. The second-order valence-corrected chi connectivity index (χ2v) is 1.97. The molecule has 0 aromatic carbocycles. The molecule has 0 saturated carbocycles. The molecular weight excluding hydrogens is 128 g/mol. The topological polar surface area (TPSA) is 37.3 Å². The first-order valence-electron chi connectivity index (χ1n) is 3.35. The number of aliphatic carboxylic acids is 1. The Morgan fingerprint density at radius 3 is 2.60 bits per heavy atom. The lowest BCUT2D eigenvalue weighted by molar-refractivity contribution is -0.132. The summed E-state index contributed by atoms with van der Waals surface area (Å²) in [5.41, 5.74) is 3.04. The van der Waals surface area contributed by atoms with Crippen molar-refractivity contribution < 1.29 is 9.90 Å². The molecule has 10 heavy (non-hydrogen) atoms. The molecule has 0 aromatic heterocycles. The Kier molecular flexibility index (Phi) is 4.34. The van der Waals surface area contributed by atoms with E-state index in [2.05, 4.69) is 5.73 Å². The Morgan fingerprint density at radius 2 is 2.30 bits per heavy atom. The largest absolute Gasteiger partial charge is 0.477 e. The predicted octanol–water partition coefficient (Wildman–Crippen LogP) is 1.97. The van der Waals surface area contributed by atoms with Crippen LogP contribution in [0.5, 0.6) is 0 Å². The Bertz CT molecular complexity index is 174. The number of hydrogen-bond acceptors (Lipinski definition) is 1. The molecule has 0 atom stereocenters. The summed E-state index contributed by atoms with van der Waals surface area (Å²) in [6, 6.07) is 0. The molecule has 0 rings (SSSR count). The van der Waals surface area contributed by atoms with Crippen LogP contribution in [0.1, 0.15) is 26.7 Å². The van der Waals surface area contributed by atoms with Gasteiger partial charge in [0, 0.05) is 0 Å². The van der Waals surface area contributed by atoms with Gasteiger partial charge >= 0.3 is 5.97 Å². The first kappa shape index (κ1) is 8.99. The smallest absolute Gasteiger partial charge is 0.339 e. The molecule has 0 saturated heterocycles. The SMILES string of the molecule is CC=C=C(CCC)C(=O)O. The fourth-order valence-corrected chi connectivity index (χ4v) is 0.665. The summed E-state index contributed by atoms with van der Waals surface area (Å²) in [6.07, 6.45) is 3.07. The van der Waals surface area contributed by atoms with Gasteiger partial charge in [0.05, 0.1) is 5.57 Å². The summed E-state index contributed by atoms with van der Waals surface area (Å²) in [5.74, 6) is -0.861. The fourth-order valence-electron chi connectivity index (χ4n) is 0.665. The predicted molar refractivity (Wildman–Crippen MR) is 39.8 cm³/mol. The third-order valence-corrected chi connectivity index (χ3v) is 1.08. The lowest BCUT2D eigenvalue weighted by atomic mass is 10.1. The molecule has 0 aliphatic heterocycles. The van der Waals surface area contributed by atoms with Crippen LogP contribution in [-0.2, 0) is 4.79 Å². The van der Waals surface area contributed by atoms with E-state index in [1.807, 2.05) is 6.92 Å².